The number of hydrogen-bond acceptors (Lipinski definition) is 7. The van der Waals surface area contributed by atoms with Crippen molar-refractivity contribution >= 4 is 19.6 Å². The highest BCUT2D eigenvalue weighted by atomic mass is 32.1. The van der Waals surface area contributed by atoms with Crippen LogP contribution < -0.4 is 13.8 Å². The van der Waals surface area contributed by atoms with E-state index in [2.05, 4.69) is 17.6 Å². The summed E-state index contributed by atoms with van der Waals surface area (Å²) in [4.78, 5) is 0. The number of hydrogen-bond donors (Lipinski definition) is 1. The molecule has 0 amide bonds. The maximum atomic E-state index is 12.5. The summed E-state index contributed by atoms with van der Waals surface area (Å²) >= 11 is 1.62. The van der Waals surface area contributed by atoms with Gasteiger partial charge in [0.15, 0.2) is 18.5 Å². The third kappa shape index (κ3) is 14.8. The first-order valence-corrected chi connectivity index (χ1v) is 17.9. The van der Waals surface area contributed by atoms with E-state index >= 15 is 0 Å². The first-order chi connectivity index (χ1) is 21.1. The summed E-state index contributed by atoms with van der Waals surface area (Å²) in [5.74, 6) is 1.01. The number of aliphatic hydroxyl groups excluding tert-OH is 1. The molecule has 0 aliphatic heterocycles. The lowest BCUT2D eigenvalue weighted by molar-refractivity contribution is -0.683. The number of aromatic nitrogens is 1. The van der Waals surface area contributed by atoms with Crippen molar-refractivity contribution in [2.75, 3.05) is 13.7 Å². The minimum atomic E-state index is -2.47. The molecule has 2 aromatic carbocycles. The van der Waals surface area contributed by atoms with E-state index < -0.39 is 20.6 Å². The summed E-state index contributed by atoms with van der Waals surface area (Å²) in [6, 6.07) is 15.2. The molecule has 0 aliphatic carbocycles. The van der Waals surface area contributed by atoms with Gasteiger partial charge in [-0.05, 0) is 42.7 Å². The minimum Gasteiger partial charge on any atom is -0.462 e. The summed E-state index contributed by atoms with van der Waals surface area (Å²) in [6.07, 6.45) is 16.8. The highest BCUT2D eigenvalue weighted by Crippen LogP contribution is 2.29. The van der Waals surface area contributed by atoms with Gasteiger partial charge in [0.1, 0.15) is 18.5 Å². The highest BCUT2D eigenvalue weighted by molar-refractivity contribution is 7.33. The molecule has 0 fully saturated rings. The monoisotopic (exact) mass is 631 g/mol. The highest BCUT2D eigenvalue weighted by Gasteiger charge is 2.29. The maximum Gasteiger partial charge on any atom is 0.750 e. The first kappa shape index (κ1) is 35.1. The van der Waals surface area contributed by atoms with Crippen molar-refractivity contribution in [2.24, 2.45) is 0 Å². The fourth-order valence-electron chi connectivity index (χ4n) is 4.94. The number of thiazole rings is 1. The van der Waals surface area contributed by atoms with Gasteiger partial charge in [0.05, 0.1) is 5.38 Å². The Labute approximate surface area is 263 Å². The molecule has 0 aliphatic rings. The van der Waals surface area contributed by atoms with Gasteiger partial charge in [0.2, 0.25) is 11.8 Å². The van der Waals surface area contributed by atoms with Crippen molar-refractivity contribution in [2.45, 2.75) is 109 Å². The predicted molar refractivity (Wildman–Crippen MR) is 173 cm³/mol. The SMILES string of the molecule is CCCCCCCCCCCCCCc1cccc(OC(O)C(CO[P+](=O)Oc2cccc(C[n+]3ccsc3)c2)OC)c1. The Morgan fingerprint density at radius 3 is 2.14 bits per heavy atom. The van der Waals surface area contributed by atoms with Gasteiger partial charge < -0.3 is 14.6 Å². The predicted octanol–water partition coefficient (Wildman–Crippen LogP) is 8.79. The Bertz CT molecular complexity index is 1160. The summed E-state index contributed by atoms with van der Waals surface area (Å²) in [6.45, 7) is 2.80. The fraction of sp³-hybridized carbons (Fsp3) is 0.559. The number of aliphatic hydroxyl groups is 1. The van der Waals surface area contributed by atoms with Crippen LogP contribution in [0.15, 0.2) is 65.6 Å². The smallest absolute Gasteiger partial charge is 0.462 e. The molecule has 1 aromatic heterocycles. The zero-order valence-corrected chi connectivity index (χ0v) is 27.6. The Balaban J connectivity index is 1.32. The molecule has 9 heteroatoms. The van der Waals surface area contributed by atoms with Crippen LogP contribution in [-0.2, 0) is 26.8 Å². The van der Waals surface area contributed by atoms with Gasteiger partial charge in [0, 0.05) is 17.2 Å². The van der Waals surface area contributed by atoms with E-state index in [1.165, 1.54) is 83.3 Å². The molecule has 0 saturated heterocycles. The molecule has 0 bridgehead atoms. The molecular formula is C34H50NO6PS+2. The third-order valence-electron chi connectivity index (χ3n) is 7.41. The summed E-state index contributed by atoms with van der Waals surface area (Å²) < 4.78 is 36.5. The van der Waals surface area contributed by atoms with Gasteiger partial charge in [-0.25, -0.2) is 4.52 Å². The van der Waals surface area contributed by atoms with Gasteiger partial charge in [-0.15, -0.1) is 4.52 Å². The van der Waals surface area contributed by atoms with Crippen molar-refractivity contribution in [1.29, 1.82) is 0 Å². The van der Waals surface area contributed by atoms with Gasteiger partial charge in [0.25, 0.3) is 0 Å². The topological polar surface area (TPSA) is 78.1 Å². The zero-order valence-electron chi connectivity index (χ0n) is 25.9. The lowest BCUT2D eigenvalue weighted by Crippen LogP contribution is -2.36. The zero-order chi connectivity index (χ0) is 30.5. The van der Waals surface area contributed by atoms with E-state index in [1.807, 2.05) is 53.5 Å². The van der Waals surface area contributed by atoms with Gasteiger partial charge in [-0.2, -0.15) is 4.57 Å². The van der Waals surface area contributed by atoms with Gasteiger partial charge >= 0.3 is 8.25 Å². The van der Waals surface area contributed by atoms with Crippen LogP contribution in [0.1, 0.15) is 95.1 Å². The van der Waals surface area contributed by atoms with Crippen LogP contribution in [-0.4, -0.2) is 31.2 Å². The molecule has 43 heavy (non-hydrogen) atoms. The molecule has 0 saturated carbocycles. The summed E-state index contributed by atoms with van der Waals surface area (Å²) in [7, 11) is -1.02. The molecule has 3 rings (SSSR count). The first-order valence-electron chi connectivity index (χ1n) is 15.8. The van der Waals surface area contributed by atoms with Crippen LogP contribution in [0.3, 0.4) is 0 Å². The van der Waals surface area contributed by atoms with Crippen LogP contribution in [0.4, 0.5) is 0 Å². The quantitative estimate of drug-likeness (QED) is 0.0461. The Kier molecular flexibility index (Phi) is 17.5. The second kappa shape index (κ2) is 21.4. The van der Waals surface area contributed by atoms with Crippen molar-refractivity contribution in [1.82, 2.24) is 0 Å². The van der Waals surface area contributed by atoms with E-state index in [0.29, 0.717) is 18.0 Å². The van der Waals surface area contributed by atoms with Crippen molar-refractivity contribution in [3.05, 3.63) is 76.7 Å². The van der Waals surface area contributed by atoms with E-state index in [-0.39, 0.29) is 6.61 Å². The normalized spacial score (nSPS) is 13.0. The summed E-state index contributed by atoms with van der Waals surface area (Å²) in [5, 5.41) is 12.6. The third-order valence-corrected chi connectivity index (χ3v) is 8.80. The maximum absolute atomic E-state index is 12.5. The van der Waals surface area contributed by atoms with Crippen LogP contribution >= 0.6 is 19.6 Å². The van der Waals surface area contributed by atoms with Crippen LogP contribution in [0.25, 0.3) is 0 Å². The minimum absolute atomic E-state index is 0.157. The molecule has 0 radical (unpaired) electrons. The Hall–Kier alpha value is -2.35. The van der Waals surface area contributed by atoms with Crippen LogP contribution in [0.5, 0.6) is 11.5 Å². The standard InChI is InChI=1S/C34H50NO6PS/c1-3-4-5-6-7-8-9-10-11-12-13-14-17-29-18-15-20-31(24-29)40-34(36)33(38-2)27-39-42(37)41-32-21-16-19-30(25-32)26-35-22-23-43-28-35/h15-16,18-25,28,33-34,36H,3-14,17,26-27H2,1-2H3/q+2. The number of aryl methyl sites for hydroxylation is 1. The number of unbranched alkanes of at least 4 members (excludes halogenated alkanes) is 11. The molecule has 3 aromatic rings. The van der Waals surface area contributed by atoms with E-state index in [0.717, 1.165) is 18.4 Å². The van der Waals surface area contributed by atoms with Crippen LogP contribution in [0, 0.1) is 0 Å². The van der Waals surface area contributed by atoms with Crippen molar-refractivity contribution in [3.8, 4) is 11.5 Å². The van der Waals surface area contributed by atoms with Crippen molar-refractivity contribution < 1.29 is 32.8 Å². The number of ether oxygens (including phenoxy) is 2. The number of nitrogens with zero attached hydrogens (tertiary/aromatic N) is 1. The number of methoxy groups -OCH3 is 1. The molecule has 236 valence electrons. The average molecular weight is 632 g/mol. The van der Waals surface area contributed by atoms with Crippen molar-refractivity contribution in [3.63, 3.8) is 0 Å². The molecule has 0 spiro atoms. The second-order valence-corrected chi connectivity index (χ2v) is 12.7. The van der Waals surface area contributed by atoms with E-state index in [1.54, 1.807) is 17.4 Å². The van der Waals surface area contributed by atoms with E-state index in [4.69, 9.17) is 18.5 Å². The summed E-state index contributed by atoms with van der Waals surface area (Å²) in [5.41, 5.74) is 4.22. The van der Waals surface area contributed by atoms with Gasteiger partial charge in [-0.3, -0.25) is 0 Å². The lowest BCUT2D eigenvalue weighted by atomic mass is 10.0. The Morgan fingerprint density at radius 2 is 1.49 bits per heavy atom. The number of rotatable bonds is 24. The molecule has 1 heterocycles. The van der Waals surface area contributed by atoms with E-state index in [9.17, 15) is 9.67 Å². The lowest BCUT2D eigenvalue weighted by Gasteiger charge is -2.20. The second-order valence-electron chi connectivity index (χ2n) is 11.0. The number of benzene rings is 2. The fourth-order valence-corrected chi connectivity index (χ4v) is 6.14. The van der Waals surface area contributed by atoms with Gasteiger partial charge in [-0.1, -0.05) is 113 Å². The molecule has 1 N–H and O–H groups in total. The average Bonchev–Trinajstić information content (AvgIpc) is 3.51. The molecule has 3 unspecified atom stereocenters. The molecular weight excluding hydrogens is 581 g/mol. The largest absolute Gasteiger partial charge is 0.750 e. The molecule has 3 atom stereocenters. The van der Waals surface area contributed by atoms with Crippen LogP contribution in [0.2, 0.25) is 0 Å². The Morgan fingerprint density at radius 1 is 0.860 bits per heavy atom. The molecule has 7 nitrogen and oxygen atoms in total.